The minimum absolute atomic E-state index is 0.336. The first kappa shape index (κ1) is 11.2. The Morgan fingerprint density at radius 1 is 1.36 bits per heavy atom. The van der Waals surface area contributed by atoms with E-state index in [2.05, 4.69) is 4.18 Å². The second-order valence-electron chi connectivity index (χ2n) is 2.93. The molecule has 68 valence electrons. The van der Waals surface area contributed by atoms with Gasteiger partial charge < -0.3 is 0 Å². The lowest BCUT2D eigenvalue weighted by atomic mass is 10.1. The summed E-state index contributed by atoms with van der Waals surface area (Å²) < 4.78 is 25.2. The summed E-state index contributed by atoms with van der Waals surface area (Å²) in [7, 11) is 1.06. The molecule has 0 aromatic heterocycles. The molecule has 1 atom stereocenters. The van der Waals surface area contributed by atoms with Crippen LogP contribution in [-0.4, -0.2) is 14.5 Å². The molecule has 0 amide bonds. The zero-order chi connectivity index (χ0) is 9.07. The molecule has 0 spiro atoms. The van der Waals surface area contributed by atoms with Crippen LogP contribution < -0.4 is 0 Å². The molecule has 0 N–H and O–H groups in total. The van der Waals surface area contributed by atoms with Crippen molar-refractivity contribution in [3.8, 4) is 0 Å². The average Bonchev–Trinajstić information content (AvgIpc) is 1.53. The van der Waals surface area contributed by atoms with Crippen LogP contribution in [0, 0.1) is 5.92 Å². The van der Waals surface area contributed by atoms with Crippen molar-refractivity contribution in [3.63, 3.8) is 0 Å². The maximum absolute atomic E-state index is 10.4. The Labute approximate surface area is 72.3 Å². The van der Waals surface area contributed by atoms with Crippen molar-refractivity contribution in [3.05, 3.63) is 0 Å². The van der Waals surface area contributed by atoms with Gasteiger partial charge in [-0.15, -0.1) is 0 Å². The summed E-state index contributed by atoms with van der Waals surface area (Å²) in [5, 5.41) is 0. The van der Waals surface area contributed by atoms with Crippen molar-refractivity contribution in [2.75, 3.05) is 0 Å². The van der Waals surface area contributed by atoms with Gasteiger partial charge in [-0.3, -0.25) is 4.18 Å². The predicted octanol–water partition coefficient (Wildman–Crippen LogP) is 1.92. The van der Waals surface area contributed by atoms with Crippen molar-refractivity contribution in [1.82, 2.24) is 0 Å². The maximum Gasteiger partial charge on any atom is 0.355 e. The fourth-order valence-electron chi connectivity index (χ4n) is 0.899. The van der Waals surface area contributed by atoms with E-state index in [1.807, 2.05) is 13.8 Å². The molecule has 0 heterocycles. The van der Waals surface area contributed by atoms with Gasteiger partial charge in [0.1, 0.15) is 0 Å². The molecule has 0 aliphatic heterocycles. The van der Waals surface area contributed by atoms with Gasteiger partial charge in [0.15, 0.2) is 0 Å². The Morgan fingerprint density at radius 3 is 2.09 bits per heavy atom. The van der Waals surface area contributed by atoms with Crippen molar-refractivity contribution in [2.45, 2.75) is 33.3 Å². The molecule has 0 aromatic carbocycles. The highest BCUT2D eigenvalue weighted by molar-refractivity contribution is 8.10. The Hall–Kier alpha value is 0.200. The minimum Gasteiger partial charge on any atom is -0.255 e. The van der Waals surface area contributed by atoms with Crippen molar-refractivity contribution >= 4 is 20.0 Å². The van der Waals surface area contributed by atoms with Gasteiger partial charge in [-0.05, 0) is 19.3 Å². The van der Waals surface area contributed by atoms with Gasteiger partial charge in [0.2, 0.25) is 0 Å². The minimum atomic E-state index is -3.80. The van der Waals surface area contributed by atoms with Crippen LogP contribution in [0.2, 0.25) is 0 Å². The second-order valence-corrected chi connectivity index (χ2v) is 5.04. The summed E-state index contributed by atoms with van der Waals surface area (Å²) in [5.74, 6) is 0.406. The van der Waals surface area contributed by atoms with E-state index in [9.17, 15) is 8.42 Å². The molecule has 0 bridgehead atoms. The number of hydrogen-bond donors (Lipinski definition) is 0. The van der Waals surface area contributed by atoms with Gasteiger partial charge in [-0.1, -0.05) is 13.8 Å². The first-order valence-corrected chi connectivity index (χ1v) is 5.67. The van der Waals surface area contributed by atoms with Crippen molar-refractivity contribution in [1.29, 1.82) is 0 Å². The van der Waals surface area contributed by atoms with E-state index in [0.717, 1.165) is 0 Å². The first-order chi connectivity index (χ1) is 4.81. The molecule has 0 saturated carbocycles. The lowest BCUT2D eigenvalue weighted by Gasteiger charge is -2.11. The van der Waals surface area contributed by atoms with Crippen LogP contribution in [0.15, 0.2) is 0 Å². The van der Waals surface area contributed by atoms with E-state index in [1.165, 1.54) is 0 Å². The van der Waals surface area contributed by atoms with E-state index in [0.29, 0.717) is 12.3 Å². The summed E-state index contributed by atoms with van der Waals surface area (Å²) in [6.07, 6.45) is 0.351. The van der Waals surface area contributed by atoms with Gasteiger partial charge in [-0.25, -0.2) is 0 Å². The molecule has 0 aromatic rings. The Morgan fingerprint density at radius 2 is 1.82 bits per heavy atom. The van der Waals surface area contributed by atoms with E-state index < -0.39 is 9.33 Å². The summed E-state index contributed by atoms with van der Waals surface area (Å²) in [6.45, 7) is 5.65. The number of hydrogen-bond acceptors (Lipinski definition) is 3. The highest BCUT2D eigenvalue weighted by Gasteiger charge is 2.13. The van der Waals surface area contributed by atoms with Crippen LogP contribution in [0.5, 0.6) is 0 Å². The molecule has 1 unspecified atom stereocenters. The van der Waals surface area contributed by atoms with Gasteiger partial charge in [0, 0.05) is 10.7 Å². The van der Waals surface area contributed by atoms with E-state index in [1.54, 1.807) is 6.92 Å². The zero-order valence-corrected chi connectivity index (χ0v) is 8.45. The van der Waals surface area contributed by atoms with E-state index in [4.69, 9.17) is 10.7 Å². The van der Waals surface area contributed by atoms with E-state index >= 15 is 0 Å². The topological polar surface area (TPSA) is 43.4 Å². The maximum atomic E-state index is 10.4. The van der Waals surface area contributed by atoms with E-state index in [-0.39, 0.29) is 6.10 Å². The van der Waals surface area contributed by atoms with Crippen LogP contribution in [0.1, 0.15) is 27.2 Å². The van der Waals surface area contributed by atoms with Crippen molar-refractivity contribution < 1.29 is 12.6 Å². The van der Waals surface area contributed by atoms with Crippen LogP contribution in [-0.2, 0) is 13.5 Å². The highest BCUT2D eigenvalue weighted by Crippen LogP contribution is 2.12. The van der Waals surface area contributed by atoms with Crippen LogP contribution in [0.3, 0.4) is 0 Å². The number of rotatable bonds is 4. The lowest BCUT2D eigenvalue weighted by molar-refractivity contribution is 0.206. The second kappa shape index (κ2) is 4.28. The number of halogens is 1. The fraction of sp³-hybridized carbons (Fsp3) is 1.00. The molecule has 0 radical (unpaired) electrons. The van der Waals surface area contributed by atoms with Crippen LogP contribution in [0.4, 0.5) is 0 Å². The molecule has 3 nitrogen and oxygen atoms in total. The third kappa shape index (κ3) is 8.10. The fourth-order valence-corrected chi connectivity index (χ4v) is 1.74. The zero-order valence-electron chi connectivity index (χ0n) is 6.87. The smallest absolute Gasteiger partial charge is 0.255 e. The van der Waals surface area contributed by atoms with Crippen LogP contribution >= 0.6 is 10.7 Å². The normalized spacial score (nSPS) is 15.4. The quantitative estimate of drug-likeness (QED) is 0.652. The third-order valence-electron chi connectivity index (χ3n) is 1.08. The average molecular weight is 201 g/mol. The standard InChI is InChI=1S/C6H13ClO3S/c1-5(2)4-6(3)10-11(7,8)9/h5-6H,4H2,1-3H3. The SMILES string of the molecule is CC(C)CC(C)OS(=O)(=O)Cl. The van der Waals surface area contributed by atoms with Gasteiger partial charge >= 0.3 is 9.33 Å². The Bertz CT molecular complexity index is 198. The van der Waals surface area contributed by atoms with Crippen molar-refractivity contribution in [2.24, 2.45) is 5.92 Å². The van der Waals surface area contributed by atoms with Crippen LogP contribution in [0.25, 0.3) is 0 Å². The molecule has 11 heavy (non-hydrogen) atoms. The monoisotopic (exact) mass is 200 g/mol. The van der Waals surface area contributed by atoms with Gasteiger partial charge in [0.05, 0.1) is 6.10 Å². The first-order valence-electron chi connectivity index (χ1n) is 3.44. The molecule has 0 rings (SSSR count). The molecule has 0 aliphatic carbocycles. The molecule has 5 heteroatoms. The van der Waals surface area contributed by atoms with Gasteiger partial charge in [-0.2, -0.15) is 8.42 Å². The largest absolute Gasteiger partial charge is 0.355 e. The Balaban J connectivity index is 3.80. The third-order valence-corrected chi connectivity index (χ3v) is 1.86. The Kier molecular flexibility index (Phi) is 4.36. The molecule has 0 saturated heterocycles. The molecule has 0 fully saturated rings. The molecular formula is C6H13ClO3S. The predicted molar refractivity (Wildman–Crippen MR) is 44.8 cm³/mol. The summed E-state index contributed by atoms with van der Waals surface area (Å²) >= 11 is 0. The lowest BCUT2D eigenvalue weighted by Crippen LogP contribution is -2.13. The highest BCUT2D eigenvalue weighted by atomic mass is 35.7. The summed E-state index contributed by atoms with van der Waals surface area (Å²) in [6, 6.07) is 0. The van der Waals surface area contributed by atoms with Gasteiger partial charge in [0.25, 0.3) is 0 Å². The molecule has 0 aliphatic rings. The molecular weight excluding hydrogens is 188 g/mol. The summed E-state index contributed by atoms with van der Waals surface area (Å²) in [5.41, 5.74) is 0. The summed E-state index contributed by atoms with van der Waals surface area (Å²) in [4.78, 5) is 0.